The number of fused-ring (bicyclic) bond motifs is 7. The molecule has 4 heteroatoms. The zero-order valence-corrected chi connectivity index (χ0v) is 30.9. The fourth-order valence-electron chi connectivity index (χ4n) is 8.64. The highest BCUT2D eigenvalue weighted by Crippen LogP contribution is 2.42. The average molecular weight is 717 g/mol. The number of rotatable bonds is 6. The zero-order valence-electron chi connectivity index (χ0n) is 30.9. The van der Waals surface area contributed by atoms with E-state index < -0.39 is 0 Å². The molecule has 0 bridgehead atoms. The van der Waals surface area contributed by atoms with Crippen LogP contribution in [0.4, 0.5) is 0 Å². The van der Waals surface area contributed by atoms with Gasteiger partial charge in [-0.25, -0.2) is 9.97 Å². The normalized spacial score (nSPS) is 11.7. The van der Waals surface area contributed by atoms with E-state index in [0.29, 0.717) is 0 Å². The van der Waals surface area contributed by atoms with Crippen LogP contribution < -0.4 is 0 Å². The number of para-hydroxylation sites is 5. The minimum Gasteiger partial charge on any atom is -0.309 e. The molecule has 0 N–H and O–H groups in total. The Balaban J connectivity index is 1.06. The summed E-state index contributed by atoms with van der Waals surface area (Å²) in [7, 11) is 0. The maximum absolute atomic E-state index is 5.55. The van der Waals surface area contributed by atoms with Gasteiger partial charge in [-0.3, -0.25) is 4.57 Å². The Morgan fingerprint density at radius 3 is 1.79 bits per heavy atom. The smallest absolute Gasteiger partial charge is 0.114 e. The van der Waals surface area contributed by atoms with E-state index in [0.717, 1.165) is 73.3 Å². The fourth-order valence-corrected chi connectivity index (χ4v) is 8.64. The van der Waals surface area contributed by atoms with Crippen LogP contribution in [0.15, 0.2) is 188 Å². The highest BCUT2D eigenvalue weighted by molar-refractivity contribution is 6.21. The molecule has 0 spiro atoms. The Morgan fingerprint density at radius 1 is 0.393 bits per heavy atom. The van der Waals surface area contributed by atoms with E-state index >= 15 is 0 Å². The topological polar surface area (TPSA) is 35.6 Å². The van der Waals surface area contributed by atoms with Crippen molar-refractivity contribution in [3.05, 3.63) is 194 Å². The third-order valence-corrected chi connectivity index (χ3v) is 11.3. The van der Waals surface area contributed by atoms with Crippen molar-refractivity contribution in [2.45, 2.75) is 13.3 Å². The predicted molar refractivity (Wildman–Crippen MR) is 234 cm³/mol. The van der Waals surface area contributed by atoms with Crippen LogP contribution in [0.1, 0.15) is 12.7 Å². The molecule has 0 fully saturated rings. The molecule has 0 radical (unpaired) electrons. The van der Waals surface area contributed by atoms with Crippen molar-refractivity contribution < 1.29 is 0 Å². The number of aryl methyl sites for hydroxylation is 1. The summed E-state index contributed by atoms with van der Waals surface area (Å²) < 4.78 is 4.66. The number of hydrogen-bond donors (Lipinski definition) is 0. The molecule has 0 aliphatic heterocycles. The lowest BCUT2D eigenvalue weighted by molar-refractivity contribution is 0.908. The molecule has 0 aliphatic carbocycles. The highest BCUT2D eigenvalue weighted by Gasteiger charge is 2.19. The molecule has 11 aromatic rings. The average Bonchev–Trinajstić information content (AvgIpc) is 3.81. The molecule has 0 unspecified atom stereocenters. The van der Waals surface area contributed by atoms with E-state index in [1.165, 1.54) is 38.3 Å². The Kier molecular flexibility index (Phi) is 7.42. The molecule has 0 amide bonds. The zero-order chi connectivity index (χ0) is 37.2. The van der Waals surface area contributed by atoms with Crippen LogP contribution in [0.2, 0.25) is 0 Å². The lowest BCUT2D eigenvalue weighted by atomic mass is 9.94. The summed E-state index contributed by atoms with van der Waals surface area (Å²) >= 11 is 0. The maximum atomic E-state index is 5.55. The summed E-state index contributed by atoms with van der Waals surface area (Å²) in [6, 6.07) is 67.5. The Labute approximate surface area is 324 Å². The van der Waals surface area contributed by atoms with E-state index in [2.05, 4.69) is 204 Å². The second-order valence-corrected chi connectivity index (χ2v) is 14.5. The molecule has 3 aromatic heterocycles. The van der Waals surface area contributed by atoms with Crippen LogP contribution >= 0.6 is 0 Å². The van der Waals surface area contributed by atoms with Gasteiger partial charge in [0.15, 0.2) is 0 Å². The van der Waals surface area contributed by atoms with Crippen LogP contribution in [-0.2, 0) is 6.42 Å². The summed E-state index contributed by atoms with van der Waals surface area (Å²) in [5.41, 5.74) is 14.5. The minimum atomic E-state index is 0.868. The first-order valence-electron chi connectivity index (χ1n) is 19.3. The van der Waals surface area contributed by atoms with Crippen LogP contribution in [0.25, 0.3) is 99.4 Å². The van der Waals surface area contributed by atoms with Gasteiger partial charge in [-0.05, 0) is 76.7 Å². The van der Waals surface area contributed by atoms with Gasteiger partial charge in [-0.15, -0.1) is 0 Å². The van der Waals surface area contributed by atoms with Crippen molar-refractivity contribution in [3.8, 4) is 44.9 Å². The number of aromatic nitrogens is 4. The van der Waals surface area contributed by atoms with E-state index in [1.54, 1.807) is 0 Å². The van der Waals surface area contributed by atoms with Gasteiger partial charge in [0.2, 0.25) is 0 Å². The van der Waals surface area contributed by atoms with Gasteiger partial charge in [-0.1, -0.05) is 140 Å². The monoisotopic (exact) mass is 716 g/mol. The van der Waals surface area contributed by atoms with E-state index in [-0.39, 0.29) is 0 Å². The molecule has 56 heavy (non-hydrogen) atoms. The molecule has 3 heterocycles. The number of nitrogens with zero attached hydrogens (tertiary/aromatic N) is 4. The summed E-state index contributed by atoms with van der Waals surface area (Å²) in [5, 5.41) is 5.96. The second kappa shape index (κ2) is 12.9. The summed E-state index contributed by atoms with van der Waals surface area (Å²) in [5.74, 6) is 1.07. The number of pyridine rings is 1. The lowest BCUT2D eigenvalue weighted by Gasteiger charge is -2.15. The van der Waals surface area contributed by atoms with Crippen molar-refractivity contribution in [1.29, 1.82) is 0 Å². The molecular formula is C52H36N4. The van der Waals surface area contributed by atoms with Crippen molar-refractivity contribution in [1.82, 2.24) is 19.1 Å². The summed E-state index contributed by atoms with van der Waals surface area (Å²) in [4.78, 5) is 10.4. The lowest BCUT2D eigenvalue weighted by Crippen LogP contribution is -1.99. The van der Waals surface area contributed by atoms with Gasteiger partial charge >= 0.3 is 0 Å². The first kappa shape index (κ1) is 32.2. The molecular weight excluding hydrogens is 681 g/mol. The standard InChI is InChI=1S/C52H36N4/c1-2-50-53-46-21-10-12-23-48(46)56(50)39-30-28-35(29-31-39)34-24-26-36(27-25-34)40-19-13-20-42-43-32-44-41-18-9-11-22-47(41)55(38-16-7-4-8-17-38)49(44)33-45(43)51(54-52(40)42)37-14-5-3-6-15-37/h3-33H,2H2,1H3. The van der Waals surface area contributed by atoms with Crippen LogP contribution in [-0.4, -0.2) is 19.1 Å². The number of hydrogen-bond acceptors (Lipinski definition) is 2. The van der Waals surface area contributed by atoms with Gasteiger partial charge in [0.1, 0.15) is 5.82 Å². The third kappa shape index (κ3) is 5.07. The van der Waals surface area contributed by atoms with E-state index in [9.17, 15) is 0 Å². The highest BCUT2D eigenvalue weighted by atomic mass is 15.1. The Bertz CT molecular complexity index is 3250. The van der Waals surface area contributed by atoms with Crippen LogP contribution in [0, 0.1) is 0 Å². The van der Waals surface area contributed by atoms with Crippen LogP contribution in [0.3, 0.4) is 0 Å². The molecule has 11 rings (SSSR count). The van der Waals surface area contributed by atoms with Crippen molar-refractivity contribution in [3.63, 3.8) is 0 Å². The summed E-state index contributed by atoms with van der Waals surface area (Å²) in [6.07, 6.45) is 0.868. The molecule has 0 saturated heterocycles. The maximum Gasteiger partial charge on any atom is 0.114 e. The van der Waals surface area contributed by atoms with Crippen molar-refractivity contribution >= 4 is 54.5 Å². The van der Waals surface area contributed by atoms with Gasteiger partial charge in [0.25, 0.3) is 0 Å². The molecule has 4 nitrogen and oxygen atoms in total. The molecule has 8 aromatic carbocycles. The largest absolute Gasteiger partial charge is 0.309 e. The third-order valence-electron chi connectivity index (χ3n) is 11.3. The second-order valence-electron chi connectivity index (χ2n) is 14.5. The first-order chi connectivity index (χ1) is 27.7. The molecule has 0 saturated carbocycles. The van der Waals surface area contributed by atoms with E-state index in [4.69, 9.17) is 9.97 Å². The first-order valence-corrected chi connectivity index (χ1v) is 19.3. The molecule has 0 atom stereocenters. The van der Waals surface area contributed by atoms with Crippen LogP contribution in [0.5, 0.6) is 0 Å². The van der Waals surface area contributed by atoms with Gasteiger partial charge < -0.3 is 4.57 Å². The van der Waals surface area contributed by atoms with E-state index in [1.807, 2.05) is 0 Å². The minimum absolute atomic E-state index is 0.868. The van der Waals surface area contributed by atoms with Crippen molar-refractivity contribution in [2.75, 3.05) is 0 Å². The quantitative estimate of drug-likeness (QED) is 0.161. The number of benzene rings is 8. The predicted octanol–water partition coefficient (Wildman–Crippen LogP) is 13.4. The fraction of sp³-hybridized carbons (Fsp3) is 0.0385. The number of imidazole rings is 1. The van der Waals surface area contributed by atoms with Gasteiger partial charge in [0, 0.05) is 50.5 Å². The SMILES string of the molecule is CCc1nc2ccccc2n1-c1ccc(-c2ccc(-c3cccc4c3nc(-c3ccccc3)c3cc5c(cc34)c3ccccc3n5-c3ccccc3)cc2)cc1. The Hall–Kier alpha value is -7.30. The Morgan fingerprint density at radius 2 is 1.02 bits per heavy atom. The molecule has 0 aliphatic rings. The van der Waals surface area contributed by atoms with Gasteiger partial charge in [0.05, 0.1) is 33.3 Å². The molecule has 264 valence electrons. The van der Waals surface area contributed by atoms with Crippen molar-refractivity contribution in [2.24, 2.45) is 0 Å². The summed E-state index contributed by atoms with van der Waals surface area (Å²) in [6.45, 7) is 2.16. The van der Waals surface area contributed by atoms with Gasteiger partial charge in [-0.2, -0.15) is 0 Å².